The van der Waals surface area contributed by atoms with Gasteiger partial charge in [-0.25, -0.2) is 4.79 Å². The second kappa shape index (κ2) is 4.61. The van der Waals surface area contributed by atoms with E-state index in [4.69, 9.17) is 5.11 Å². The van der Waals surface area contributed by atoms with Crippen molar-refractivity contribution in [2.24, 2.45) is 0 Å². The van der Waals surface area contributed by atoms with Gasteiger partial charge >= 0.3 is 5.97 Å². The number of hydrogen-bond donors (Lipinski definition) is 1. The van der Waals surface area contributed by atoms with Crippen LogP contribution in [0.2, 0.25) is 0 Å². The summed E-state index contributed by atoms with van der Waals surface area (Å²) in [5, 5.41) is 8.91. The largest absolute Gasteiger partial charge is 0.478 e. The predicted octanol–water partition coefficient (Wildman–Crippen LogP) is 2.89. The molecule has 0 aliphatic heterocycles. The third kappa shape index (κ3) is 2.73. The topological polar surface area (TPSA) is 37.3 Å². The van der Waals surface area contributed by atoms with Crippen molar-refractivity contribution < 1.29 is 9.90 Å². The van der Waals surface area contributed by atoms with Gasteiger partial charge in [-0.1, -0.05) is 23.8 Å². The van der Waals surface area contributed by atoms with Crippen LogP contribution in [0.15, 0.2) is 36.4 Å². The van der Waals surface area contributed by atoms with E-state index < -0.39 is 5.97 Å². The summed E-state index contributed by atoms with van der Waals surface area (Å²) in [6, 6.07) is 7.09. The standard InChI is InChI=1S/C12H14O2/c1-9(2)7-8-10-5-3-4-6-11(10)12(13)14/h3-6H,1,7-8H2,2H3,(H,13,14). The summed E-state index contributed by atoms with van der Waals surface area (Å²) in [7, 11) is 0. The lowest BCUT2D eigenvalue weighted by Gasteiger charge is -2.04. The van der Waals surface area contributed by atoms with Crippen LogP contribution in [0.1, 0.15) is 29.3 Å². The Hall–Kier alpha value is -1.57. The van der Waals surface area contributed by atoms with Gasteiger partial charge in [-0.2, -0.15) is 0 Å². The Kier molecular flexibility index (Phi) is 3.46. The molecule has 0 heterocycles. The number of aryl methyl sites for hydroxylation is 1. The van der Waals surface area contributed by atoms with Crippen molar-refractivity contribution in [1.82, 2.24) is 0 Å². The highest BCUT2D eigenvalue weighted by Gasteiger charge is 2.07. The van der Waals surface area contributed by atoms with Crippen molar-refractivity contribution in [2.45, 2.75) is 19.8 Å². The normalized spacial score (nSPS) is 9.79. The number of carbonyl (C=O) groups is 1. The summed E-state index contributed by atoms with van der Waals surface area (Å²) in [6.07, 6.45) is 1.59. The lowest BCUT2D eigenvalue weighted by Crippen LogP contribution is -2.02. The molecule has 0 spiro atoms. The maximum atomic E-state index is 10.8. The van der Waals surface area contributed by atoms with Crippen LogP contribution in [-0.4, -0.2) is 11.1 Å². The van der Waals surface area contributed by atoms with E-state index in [0.717, 1.165) is 24.0 Å². The Morgan fingerprint density at radius 3 is 2.64 bits per heavy atom. The summed E-state index contributed by atoms with van der Waals surface area (Å²) >= 11 is 0. The first-order valence-corrected chi connectivity index (χ1v) is 4.57. The molecule has 0 saturated carbocycles. The molecule has 2 heteroatoms. The maximum absolute atomic E-state index is 10.8. The van der Waals surface area contributed by atoms with E-state index in [0.29, 0.717) is 5.56 Å². The Bertz CT molecular complexity index is 353. The molecule has 0 aliphatic rings. The first kappa shape index (κ1) is 10.5. The average molecular weight is 190 g/mol. The van der Waals surface area contributed by atoms with Crippen LogP contribution in [0.5, 0.6) is 0 Å². The minimum Gasteiger partial charge on any atom is -0.478 e. The molecule has 0 amide bonds. The van der Waals surface area contributed by atoms with Gasteiger partial charge in [-0.05, 0) is 31.4 Å². The second-order valence-corrected chi connectivity index (χ2v) is 3.42. The smallest absolute Gasteiger partial charge is 0.335 e. The number of allylic oxidation sites excluding steroid dienone is 1. The minimum atomic E-state index is -0.859. The molecule has 0 fully saturated rings. The molecule has 2 nitrogen and oxygen atoms in total. The number of carboxylic acids is 1. The number of benzene rings is 1. The van der Waals surface area contributed by atoms with E-state index in [1.54, 1.807) is 12.1 Å². The van der Waals surface area contributed by atoms with Gasteiger partial charge in [0.2, 0.25) is 0 Å². The highest BCUT2D eigenvalue weighted by atomic mass is 16.4. The third-order valence-electron chi connectivity index (χ3n) is 2.07. The van der Waals surface area contributed by atoms with Crippen molar-refractivity contribution in [3.63, 3.8) is 0 Å². The van der Waals surface area contributed by atoms with Crippen molar-refractivity contribution in [2.75, 3.05) is 0 Å². The Labute approximate surface area is 83.9 Å². The Morgan fingerprint density at radius 2 is 2.07 bits per heavy atom. The summed E-state index contributed by atoms with van der Waals surface area (Å²) in [5.74, 6) is -0.859. The van der Waals surface area contributed by atoms with E-state index >= 15 is 0 Å². The molecule has 1 aromatic carbocycles. The molecule has 1 rings (SSSR count). The van der Waals surface area contributed by atoms with Gasteiger partial charge in [-0.15, -0.1) is 6.58 Å². The summed E-state index contributed by atoms with van der Waals surface area (Å²) in [5.41, 5.74) is 2.35. The molecule has 0 aliphatic carbocycles. The zero-order chi connectivity index (χ0) is 10.6. The van der Waals surface area contributed by atoms with E-state index in [1.165, 1.54) is 0 Å². The fourth-order valence-corrected chi connectivity index (χ4v) is 1.30. The zero-order valence-electron chi connectivity index (χ0n) is 8.29. The van der Waals surface area contributed by atoms with Crippen LogP contribution in [0, 0.1) is 0 Å². The lowest BCUT2D eigenvalue weighted by molar-refractivity contribution is 0.0695. The molecular weight excluding hydrogens is 176 g/mol. The highest BCUT2D eigenvalue weighted by molar-refractivity contribution is 5.89. The van der Waals surface area contributed by atoms with Crippen molar-refractivity contribution in [1.29, 1.82) is 0 Å². The Morgan fingerprint density at radius 1 is 1.43 bits per heavy atom. The number of rotatable bonds is 4. The van der Waals surface area contributed by atoms with E-state index in [-0.39, 0.29) is 0 Å². The molecule has 0 atom stereocenters. The summed E-state index contributed by atoms with van der Waals surface area (Å²) in [4.78, 5) is 10.8. The third-order valence-corrected chi connectivity index (χ3v) is 2.07. The molecule has 0 radical (unpaired) electrons. The van der Waals surface area contributed by atoms with Gasteiger partial charge in [0.15, 0.2) is 0 Å². The number of aromatic carboxylic acids is 1. The van der Waals surface area contributed by atoms with E-state index in [9.17, 15) is 4.79 Å². The molecular formula is C12H14O2. The van der Waals surface area contributed by atoms with Gasteiger partial charge < -0.3 is 5.11 Å². The van der Waals surface area contributed by atoms with Crippen LogP contribution in [-0.2, 0) is 6.42 Å². The average Bonchev–Trinajstić information content (AvgIpc) is 2.15. The summed E-state index contributed by atoms with van der Waals surface area (Å²) < 4.78 is 0. The van der Waals surface area contributed by atoms with Gasteiger partial charge in [0.1, 0.15) is 0 Å². The molecule has 0 unspecified atom stereocenters. The van der Waals surface area contributed by atoms with Gasteiger partial charge in [0, 0.05) is 0 Å². The lowest BCUT2D eigenvalue weighted by atomic mass is 10.0. The van der Waals surface area contributed by atoms with Crippen LogP contribution < -0.4 is 0 Å². The molecule has 1 N–H and O–H groups in total. The van der Waals surface area contributed by atoms with Crippen LogP contribution >= 0.6 is 0 Å². The maximum Gasteiger partial charge on any atom is 0.335 e. The molecule has 14 heavy (non-hydrogen) atoms. The molecule has 1 aromatic rings. The zero-order valence-corrected chi connectivity index (χ0v) is 8.29. The van der Waals surface area contributed by atoms with Gasteiger partial charge in [0.05, 0.1) is 5.56 Å². The molecule has 0 saturated heterocycles. The van der Waals surface area contributed by atoms with Gasteiger partial charge in [0.25, 0.3) is 0 Å². The van der Waals surface area contributed by atoms with Crippen molar-refractivity contribution in [3.05, 3.63) is 47.5 Å². The first-order valence-electron chi connectivity index (χ1n) is 4.57. The van der Waals surface area contributed by atoms with Crippen LogP contribution in [0.4, 0.5) is 0 Å². The van der Waals surface area contributed by atoms with E-state index in [1.807, 2.05) is 19.1 Å². The molecule has 74 valence electrons. The first-order chi connectivity index (χ1) is 6.61. The molecule has 0 bridgehead atoms. The molecule has 0 aromatic heterocycles. The quantitative estimate of drug-likeness (QED) is 0.741. The predicted molar refractivity (Wildman–Crippen MR) is 56.5 cm³/mol. The number of hydrogen-bond acceptors (Lipinski definition) is 1. The second-order valence-electron chi connectivity index (χ2n) is 3.42. The fraction of sp³-hybridized carbons (Fsp3) is 0.250. The Balaban J connectivity index is 2.84. The van der Waals surface area contributed by atoms with Gasteiger partial charge in [-0.3, -0.25) is 0 Å². The SMILES string of the molecule is C=C(C)CCc1ccccc1C(=O)O. The minimum absolute atomic E-state index is 0.397. The van der Waals surface area contributed by atoms with Crippen LogP contribution in [0.3, 0.4) is 0 Å². The fourth-order valence-electron chi connectivity index (χ4n) is 1.30. The van der Waals surface area contributed by atoms with E-state index in [2.05, 4.69) is 6.58 Å². The highest BCUT2D eigenvalue weighted by Crippen LogP contribution is 2.13. The van der Waals surface area contributed by atoms with Crippen LogP contribution in [0.25, 0.3) is 0 Å². The summed E-state index contributed by atoms with van der Waals surface area (Å²) in [6.45, 7) is 5.75. The van der Waals surface area contributed by atoms with Crippen molar-refractivity contribution >= 4 is 5.97 Å². The number of carboxylic acid groups (broad SMARTS) is 1. The van der Waals surface area contributed by atoms with Crippen molar-refractivity contribution in [3.8, 4) is 0 Å². The monoisotopic (exact) mass is 190 g/mol.